The van der Waals surface area contributed by atoms with Gasteiger partial charge >= 0.3 is 0 Å². The number of nitrogens with zero attached hydrogens (tertiary/aromatic N) is 1. The number of aliphatic hydroxyl groups is 1. The van der Waals surface area contributed by atoms with E-state index in [0.717, 1.165) is 68.7 Å². The molecule has 0 aromatic rings. The van der Waals surface area contributed by atoms with E-state index < -0.39 is 0 Å². The highest BCUT2D eigenvalue weighted by Crippen LogP contribution is 2.44. The van der Waals surface area contributed by atoms with Crippen molar-refractivity contribution in [3.05, 3.63) is 34.4 Å². The van der Waals surface area contributed by atoms with Gasteiger partial charge in [-0.3, -0.25) is 0 Å². The Labute approximate surface area is 224 Å². The SMILES string of the molecule is C.COCC1=CC(CN[C@@H](CN2CCC(C3CC=C(Cl)CC3)C(C)(C)C2)C(C)O)=CCC1.O.O.O.O. The number of halogens is 1. The first-order valence-electron chi connectivity index (χ1n) is 12.1. The maximum absolute atomic E-state index is 10.5. The van der Waals surface area contributed by atoms with Crippen molar-refractivity contribution in [3.8, 4) is 0 Å². The van der Waals surface area contributed by atoms with Gasteiger partial charge in [0.05, 0.1) is 12.7 Å². The van der Waals surface area contributed by atoms with Gasteiger partial charge in [0.15, 0.2) is 0 Å². The Bertz CT molecular complexity index is 696. The number of likely N-dealkylation sites (tertiary alicyclic amines) is 1. The quantitative estimate of drug-likeness (QED) is 0.458. The van der Waals surface area contributed by atoms with Crippen molar-refractivity contribution < 1.29 is 31.7 Å². The van der Waals surface area contributed by atoms with Crippen LogP contribution in [0.4, 0.5) is 0 Å². The van der Waals surface area contributed by atoms with Gasteiger partial charge in [0.25, 0.3) is 0 Å². The second-order valence-corrected chi connectivity index (χ2v) is 11.1. The minimum absolute atomic E-state index is 0. The third-order valence-corrected chi connectivity index (χ3v) is 7.90. The van der Waals surface area contributed by atoms with Gasteiger partial charge in [-0.2, -0.15) is 0 Å². The number of nitrogens with one attached hydrogen (secondary N) is 1. The highest BCUT2D eigenvalue weighted by molar-refractivity contribution is 6.29. The number of piperidine rings is 1. The molecule has 4 atom stereocenters. The lowest BCUT2D eigenvalue weighted by molar-refractivity contribution is 0.00553. The van der Waals surface area contributed by atoms with Crippen LogP contribution in [0.3, 0.4) is 0 Å². The normalized spacial score (nSPS) is 25.0. The van der Waals surface area contributed by atoms with Gasteiger partial charge in [-0.25, -0.2) is 0 Å². The number of allylic oxidation sites excluding steroid dienone is 3. The molecule has 1 heterocycles. The van der Waals surface area contributed by atoms with Crippen molar-refractivity contribution in [2.75, 3.05) is 39.9 Å². The molecule has 3 rings (SSSR count). The topological polar surface area (TPSA) is 171 Å². The van der Waals surface area contributed by atoms with Gasteiger partial charge in [0.2, 0.25) is 0 Å². The van der Waals surface area contributed by atoms with Crippen LogP contribution in [-0.2, 0) is 4.74 Å². The van der Waals surface area contributed by atoms with Crippen LogP contribution < -0.4 is 5.32 Å². The maximum atomic E-state index is 10.5. The molecule has 0 aromatic carbocycles. The van der Waals surface area contributed by atoms with E-state index in [1.165, 1.54) is 24.0 Å². The molecule has 36 heavy (non-hydrogen) atoms. The summed E-state index contributed by atoms with van der Waals surface area (Å²) in [5.74, 6) is 1.51. The van der Waals surface area contributed by atoms with Crippen LogP contribution >= 0.6 is 11.6 Å². The molecule has 0 bridgehead atoms. The minimum Gasteiger partial charge on any atom is -0.412 e. The van der Waals surface area contributed by atoms with Gasteiger partial charge in [-0.05, 0) is 80.4 Å². The van der Waals surface area contributed by atoms with Crippen molar-refractivity contribution in [2.45, 2.75) is 78.9 Å². The molecule has 0 amide bonds. The van der Waals surface area contributed by atoms with E-state index in [1.807, 2.05) is 6.92 Å². The molecule has 1 fully saturated rings. The molecule has 1 aliphatic heterocycles. The molecule has 8 nitrogen and oxygen atoms in total. The summed E-state index contributed by atoms with van der Waals surface area (Å²) in [6.45, 7) is 11.4. The maximum Gasteiger partial charge on any atom is 0.0677 e. The fourth-order valence-electron chi connectivity index (χ4n) is 5.88. The zero-order chi connectivity index (χ0) is 22.4. The Morgan fingerprint density at radius 2 is 1.86 bits per heavy atom. The summed E-state index contributed by atoms with van der Waals surface area (Å²) in [7, 11) is 1.76. The van der Waals surface area contributed by atoms with Crippen LogP contribution in [0.5, 0.6) is 0 Å². The Balaban J connectivity index is -0.00000218. The summed E-state index contributed by atoms with van der Waals surface area (Å²) in [6.07, 6.45) is 13.3. The lowest BCUT2D eigenvalue weighted by Crippen LogP contribution is -2.54. The van der Waals surface area contributed by atoms with Gasteiger partial charge < -0.3 is 42.0 Å². The van der Waals surface area contributed by atoms with Crippen LogP contribution in [-0.4, -0.2) is 84.0 Å². The molecule has 3 aliphatic rings. The Morgan fingerprint density at radius 3 is 2.42 bits per heavy atom. The van der Waals surface area contributed by atoms with Crippen molar-refractivity contribution in [3.63, 3.8) is 0 Å². The molecule has 216 valence electrons. The van der Waals surface area contributed by atoms with Gasteiger partial charge in [-0.1, -0.05) is 51.1 Å². The van der Waals surface area contributed by atoms with Crippen molar-refractivity contribution in [1.29, 1.82) is 0 Å². The van der Waals surface area contributed by atoms with Gasteiger partial charge in [-0.15, -0.1) is 0 Å². The van der Waals surface area contributed by atoms with E-state index in [4.69, 9.17) is 16.3 Å². The molecule has 0 aromatic heterocycles. The zero-order valence-corrected chi connectivity index (χ0v) is 22.8. The standard InChI is InChI=1S/C26H43ClN2O2.CH4.4H2O/c1-19(30)25(28-15-20-6-5-7-21(14-20)17-31-4)16-29-13-12-24(26(2,3)18-29)22-8-10-23(27)11-9-22;;;;;/h6,10,14,19,22,24-25,28,30H,5,7-9,11-13,15-18H2,1-4H3;1H4;4*1H2/t19?,22?,24?,25-;;;;;/m0...../s1. The summed E-state index contributed by atoms with van der Waals surface area (Å²) in [6, 6.07) is 0.0749. The Morgan fingerprint density at radius 1 is 1.17 bits per heavy atom. The zero-order valence-electron chi connectivity index (χ0n) is 22.0. The smallest absolute Gasteiger partial charge is 0.0677 e. The Hall–Kier alpha value is -0.810. The second-order valence-electron chi connectivity index (χ2n) is 10.6. The lowest BCUT2D eigenvalue weighted by atomic mass is 9.65. The van der Waals surface area contributed by atoms with E-state index in [0.29, 0.717) is 6.61 Å². The average molecular weight is 539 g/mol. The molecule has 9 heteroatoms. The lowest BCUT2D eigenvalue weighted by Gasteiger charge is -2.49. The summed E-state index contributed by atoms with van der Waals surface area (Å²) in [4.78, 5) is 2.56. The fourth-order valence-corrected chi connectivity index (χ4v) is 6.07. The third kappa shape index (κ3) is 11.3. The summed E-state index contributed by atoms with van der Waals surface area (Å²) in [5.41, 5.74) is 2.96. The first-order chi connectivity index (χ1) is 14.8. The fraction of sp³-hybridized carbons (Fsp3) is 0.778. The predicted molar refractivity (Wildman–Crippen MR) is 152 cm³/mol. The average Bonchev–Trinajstić information content (AvgIpc) is 2.72. The third-order valence-electron chi connectivity index (χ3n) is 7.55. The van der Waals surface area contributed by atoms with E-state index in [2.05, 4.69) is 42.3 Å². The number of aliphatic hydroxyl groups excluding tert-OH is 1. The van der Waals surface area contributed by atoms with Crippen LogP contribution in [0.25, 0.3) is 0 Å². The molecule has 0 saturated carbocycles. The molecular formula is C27H55ClN2O6. The van der Waals surface area contributed by atoms with E-state index >= 15 is 0 Å². The molecular weight excluding hydrogens is 484 g/mol. The predicted octanol–water partition coefficient (Wildman–Crippen LogP) is 2.23. The highest BCUT2D eigenvalue weighted by Gasteiger charge is 2.40. The molecule has 1 saturated heterocycles. The monoisotopic (exact) mass is 538 g/mol. The van der Waals surface area contributed by atoms with Crippen LogP contribution in [0, 0.1) is 17.3 Å². The number of rotatable bonds is 9. The van der Waals surface area contributed by atoms with Crippen LogP contribution in [0.2, 0.25) is 0 Å². The van der Waals surface area contributed by atoms with E-state index in [1.54, 1.807) is 7.11 Å². The highest BCUT2D eigenvalue weighted by atomic mass is 35.5. The molecule has 3 unspecified atom stereocenters. The molecule has 2 aliphatic carbocycles. The number of ether oxygens (including phenoxy) is 1. The minimum atomic E-state index is -0.377. The summed E-state index contributed by atoms with van der Waals surface area (Å²) >= 11 is 6.22. The van der Waals surface area contributed by atoms with Crippen molar-refractivity contribution in [2.24, 2.45) is 17.3 Å². The summed E-state index contributed by atoms with van der Waals surface area (Å²) in [5, 5.41) is 15.1. The largest absolute Gasteiger partial charge is 0.412 e. The van der Waals surface area contributed by atoms with Crippen molar-refractivity contribution >= 4 is 11.6 Å². The molecule has 10 N–H and O–H groups in total. The number of methoxy groups -OCH3 is 1. The Kier molecular flexibility index (Phi) is 20.3. The van der Waals surface area contributed by atoms with Gasteiger partial charge in [0, 0.05) is 37.8 Å². The van der Waals surface area contributed by atoms with Gasteiger partial charge in [0.1, 0.15) is 0 Å². The van der Waals surface area contributed by atoms with E-state index in [-0.39, 0.29) is 46.9 Å². The first kappa shape index (κ1) is 39.7. The molecule has 0 radical (unpaired) electrons. The molecule has 0 spiro atoms. The summed E-state index contributed by atoms with van der Waals surface area (Å²) < 4.78 is 5.30. The number of hydrogen-bond donors (Lipinski definition) is 2. The second kappa shape index (κ2) is 18.4. The first-order valence-corrected chi connectivity index (χ1v) is 12.5. The van der Waals surface area contributed by atoms with Crippen molar-refractivity contribution in [1.82, 2.24) is 10.2 Å². The van der Waals surface area contributed by atoms with Crippen LogP contribution in [0.15, 0.2) is 34.4 Å². The van der Waals surface area contributed by atoms with E-state index in [9.17, 15) is 5.11 Å². The number of hydrogen-bond acceptors (Lipinski definition) is 4. The van der Waals surface area contributed by atoms with Crippen LogP contribution in [0.1, 0.15) is 66.7 Å².